The highest BCUT2D eigenvalue weighted by Gasteiger charge is 2.46. The van der Waals surface area contributed by atoms with E-state index in [0.717, 1.165) is 78.8 Å². The number of thiazole rings is 1. The lowest BCUT2D eigenvalue weighted by atomic mass is 10.00. The van der Waals surface area contributed by atoms with Crippen LogP contribution in [0.1, 0.15) is 89.3 Å². The molecular weight excluding hydrogens is 621 g/mol. The number of carbonyl (C=O) groups is 3. The van der Waals surface area contributed by atoms with Gasteiger partial charge in [-0.15, -0.1) is 11.3 Å². The molecule has 0 aliphatic carbocycles. The van der Waals surface area contributed by atoms with Gasteiger partial charge in [0, 0.05) is 30.7 Å². The largest absolute Gasteiger partial charge is 0.391 e. The summed E-state index contributed by atoms with van der Waals surface area (Å²) in [7, 11) is 0. The highest BCUT2D eigenvalue weighted by molar-refractivity contribution is 8.00. The Kier molecular flexibility index (Phi) is 16.0. The van der Waals surface area contributed by atoms with Crippen molar-refractivity contribution in [2.24, 2.45) is 11.5 Å². The first-order valence-electron chi connectivity index (χ1n) is 16.7. The number of thioether (sulfide) groups is 1. The van der Waals surface area contributed by atoms with Crippen LogP contribution in [0.3, 0.4) is 0 Å². The topological polar surface area (TPSA) is 164 Å². The Labute approximate surface area is 282 Å². The normalized spacial score (nSPS) is 17.2. The van der Waals surface area contributed by atoms with Crippen LogP contribution in [0.2, 0.25) is 0 Å². The second kappa shape index (κ2) is 19.3. The first-order valence-corrected chi connectivity index (χ1v) is 18.5. The fourth-order valence-electron chi connectivity index (χ4n) is 5.70. The van der Waals surface area contributed by atoms with Gasteiger partial charge in [0.2, 0.25) is 17.7 Å². The molecule has 3 atom stereocenters. The number of aliphatic hydroxyl groups is 1. The average molecular weight is 675 g/mol. The maximum atomic E-state index is 14.2. The number of aromatic nitrogens is 1. The number of aryl methyl sites for hydroxylation is 1. The molecule has 7 N–H and O–H groups in total. The Morgan fingerprint density at radius 3 is 2.33 bits per heavy atom. The minimum Gasteiger partial charge on any atom is -0.391 e. The first-order chi connectivity index (χ1) is 22.1. The molecular formula is C34H54N6O4S2. The number of rotatable bonds is 20. The molecule has 0 spiro atoms. The highest BCUT2D eigenvalue weighted by Crippen LogP contribution is 2.33. The van der Waals surface area contributed by atoms with Crippen molar-refractivity contribution in [3.05, 3.63) is 41.0 Å². The minimum atomic E-state index is -0.846. The molecule has 256 valence electrons. The van der Waals surface area contributed by atoms with Gasteiger partial charge in [0.25, 0.3) is 0 Å². The summed E-state index contributed by atoms with van der Waals surface area (Å²) in [4.78, 5) is 47.7. The number of nitrogens with zero attached hydrogens (tertiary/aromatic N) is 2. The van der Waals surface area contributed by atoms with Crippen LogP contribution in [0.25, 0.3) is 10.4 Å². The van der Waals surface area contributed by atoms with Crippen LogP contribution in [0, 0.1) is 6.92 Å². The molecule has 3 rings (SSSR count). The number of amides is 3. The zero-order valence-electron chi connectivity index (χ0n) is 27.8. The molecule has 1 aromatic carbocycles. The number of hydrogen-bond donors (Lipinski definition) is 5. The van der Waals surface area contributed by atoms with Crippen LogP contribution in [-0.2, 0) is 20.9 Å². The van der Waals surface area contributed by atoms with E-state index in [-0.39, 0.29) is 30.7 Å². The third-order valence-corrected chi connectivity index (χ3v) is 10.9. The van der Waals surface area contributed by atoms with Crippen LogP contribution in [0.5, 0.6) is 0 Å². The standard InChI is InChI=1S/C34H54N6O4S2/c1-24-30(45-23-38-24)26-15-13-25(14-16-26)21-37-32(43)28-20-27(41)22-40(28)33(44)31(39-29(42)12-8-4-5-9-17-35)34(2,3)46-19-11-7-6-10-18-36/h13-16,23,27-28,31,41H,4-12,17-22,35-36H2,1-3H3,(H,37,43)(H,39,42)/t27-,28+,31-/m1/s1. The van der Waals surface area contributed by atoms with Crippen LogP contribution in [-0.4, -0.2) is 81.0 Å². The molecule has 1 fully saturated rings. The number of nitrogens with two attached hydrogens (primary N) is 2. The predicted octanol–water partition coefficient (Wildman–Crippen LogP) is 4.12. The molecule has 10 nitrogen and oxygen atoms in total. The summed E-state index contributed by atoms with van der Waals surface area (Å²) in [5.41, 5.74) is 16.0. The molecule has 3 amide bonds. The summed E-state index contributed by atoms with van der Waals surface area (Å²) in [5, 5.41) is 16.6. The van der Waals surface area contributed by atoms with Gasteiger partial charge < -0.3 is 32.1 Å². The number of unbranched alkanes of at least 4 members (excludes halogenated alkanes) is 6. The van der Waals surface area contributed by atoms with Crippen molar-refractivity contribution in [2.45, 2.75) is 114 Å². The van der Waals surface area contributed by atoms with E-state index in [1.54, 1.807) is 23.1 Å². The second-order valence-corrected chi connectivity index (χ2v) is 15.3. The van der Waals surface area contributed by atoms with Crippen LogP contribution < -0.4 is 22.1 Å². The number of benzene rings is 1. The smallest absolute Gasteiger partial charge is 0.247 e. The van der Waals surface area contributed by atoms with E-state index >= 15 is 0 Å². The molecule has 0 radical (unpaired) electrons. The minimum absolute atomic E-state index is 0.0467. The van der Waals surface area contributed by atoms with Gasteiger partial charge in [-0.3, -0.25) is 14.4 Å². The fraction of sp³-hybridized carbons (Fsp3) is 0.647. The molecule has 1 aliphatic rings. The molecule has 12 heteroatoms. The molecule has 1 aliphatic heterocycles. The van der Waals surface area contributed by atoms with Crippen molar-refractivity contribution in [1.82, 2.24) is 20.5 Å². The Balaban J connectivity index is 1.67. The maximum Gasteiger partial charge on any atom is 0.247 e. The Morgan fingerprint density at radius 1 is 1.04 bits per heavy atom. The van der Waals surface area contributed by atoms with Crippen LogP contribution >= 0.6 is 23.1 Å². The number of β-amino-alcohol motifs (C(OH)–C–C–N with tert-alkyl or cyclic N) is 1. The molecule has 1 saturated heterocycles. The Morgan fingerprint density at radius 2 is 1.70 bits per heavy atom. The monoisotopic (exact) mass is 674 g/mol. The molecule has 2 aromatic rings. The summed E-state index contributed by atoms with van der Waals surface area (Å²) in [6, 6.07) is 6.30. The lowest BCUT2D eigenvalue weighted by molar-refractivity contribution is -0.142. The maximum absolute atomic E-state index is 14.2. The SMILES string of the molecule is Cc1ncsc1-c1ccc(CNC(=O)[C@@H]2C[C@@H](O)CN2C(=O)[C@@H](NC(=O)CCCCCCN)C(C)(C)SCCCCCCN)cc1. The van der Waals surface area contributed by atoms with Gasteiger partial charge in [-0.1, -0.05) is 49.9 Å². The Hall–Kier alpha value is -2.51. The lowest BCUT2D eigenvalue weighted by Crippen LogP contribution is -2.59. The average Bonchev–Trinajstić information content (AvgIpc) is 3.65. The van der Waals surface area contributed by atoms with Gasteiger partial charge >= 0.3 is 0 Å². The highest BCUT2D eigenvalue weighted by atomic mass is 32.2. The zero-order chi connectivity index (χ0) is 33.5. The fourth-order valence-corrected chi connectivity index (χ4v) is 7.71. The van der Waals surface area contributed by atoms with Gasteiger partial charge in [-0.25, -0.2) is 4.98 Å². The molecule has 0 saturated carbocycles. The predicted molar refractivity (Wildman–Crippen MR) is 188 cm³/mol. The number of carbonyl (C=O) groups excluding carboxylic acids is 3. The van der Waals surface area contributed by atoms with Gasteiger partial charge in [-0.2, -0.15) is 11.8 Å². The summed E-state index contributed by atoms with van der Waals surface area (Å²) in [5.74, 6) is 0.00524. The first kappa shape index (κ1) is 37.9. The van der Waals surface area contributed by atoms with Crippen LogP contribution in [0.15, 0.2) is 29.8 Å². The summed E-state index contributed by atoms with van der Waals surface area (Å²) in [6.07, 6.45) is 7.28. The van der Waals surface area contributed by atoms with Crippen molar-refractivity contribution in [3.8, 4) is 10.4 Å². The van der Waals surface area contributed by atoms with Gasteiger partial charge in [-0.05, 0) is 76.4 Å². The van der Waals surface area contributed by atoms with Crippen molar-refractivity contribution in [3.63, 3.8) is 0 Å². The summed E-state index contributed by atoms with van der Waals surface area (Å²) >= 11 is 3.24. The molecule has 0 bridgehead atoms. The molecule has 46 heavy (non-hydrogen) atoms. The lowest BCUT2D eigenvalue weighted by Gasteiger charge is -2.37. The molecule has 0 unspecified atom stereocenters. The number of hydrogen-bond acceptors (Lipinski definition) is 9. The van der Waals surface area contributed by atoms with Gasteiger partial charge in [0.05, 0.1) is 22.2 Å². The molecule has 2 heterocycles. The number of nitrogens with one attached hydrogen (secondary N) is 2. The van der Waals surface area contributed by atoms with Crippen molar-refractivity contribution in [1.29, 1.82) is 0 Å². The quantitative estimate of drug-likeness (QED) is 0.131. The van der Waals surface area contributed by atoms with Crippen molar-refractivity contribution in [2.75, 3.05) is 25.4 Å². The Bertz CT molecular complexity index is 1240. The second-order valence-electron chi connectivity index (χ2n) is 12.7. The van der Waals surface area contributed by atoms with Crippen molar-refractivity contribution >= 4 is 40.8 Å². The van der Waals surface area contributed by atoms with E-state index in [1.165, 1.54) is 4.90 Å². The van der Waals surface area contributed by atoms with E-state index in [1.807, 2.05) is 50.5 Å². The van der Waals surface area contributed by atoms with E-state index in [9.17, 15) is 19.5 Å². The van der Waals surface area contributed by atoms with Gasteiger partial charge in [0.1, 0.15) is 12.1 Å². The summed E-state index contributed by atoms with van der Waals surface area (Å²) in [6.45, 7) is 7.59. The zero-order valence-corrected chi connectivity index (χ0v) is 29.4. The van der Waals surface area contributed by atoms with E-state index in [2.05, 4.69) is 15.6 Å². The molecule has 1 aromatic heterocycles. The van der Waals surface area contributed by atoms with E-state index in [0.29, 0.717) is 26.1 Å². The summed E-state index contributed by atoms with van der Waals surface area (Å²) < 4.78 is -0.632. The van der Waals surface area contributed by atoms with E-state index < -0.39 is 22.9 Å². The third-order valence-electron chi connectivity index (χ3n) is 8.47. The van der Waals surface area contributed by atoms with Crippen molar-refractivity contribution < 1.29 is 19.5 Å². The van der Waals surface area contributed by atoms with Gasteiger partial charge in [0.15, 0.2) is 0 Å². The third kappa shape index (κ3) is 11.6. The number of likely N-dealkylation sites (tertiary alicyclic amines) is 1. The number of aliphatic hydroxyl groups excluding tert-OH is 1. The van der Waals surface area contributed by atoms with Crippen LogP contribution in [0.4, 0.5) is 0 Å². The van der Waals surface area contributed by atoms with E-state index in [4.69, 9.17) is 11.5 Å².